The summed E-state index contributed by atoms with van der Waals surface area (Å²) in [5, 5.41) is 6.13. The Hall–Kier alpha value is -4.13. The molecule has 0 spiro atoms. The number of aryl methyl sites for hydroxylation is 1. The highest BCUT2D eigenvalue weighted by Gasteiger charge is 2.28. The lowest BCUT2D eigenvalue weighted by atomic mass is 9.91. The van der Waals surface area contributed by atoms with Gasteiger partial charge in [0.1, 0.15) is 11.4 Å². The van der Waals surface area contributed by atoms with E-state index < -0.39 is 33.4 Å². The molecule has 3 heterocycles. The molecule has 1 fully saturated rings. The number of hydrogen-bond acceptors (Lipinski definition) is 8. The number of ether oxygens (including phenoxy) is 1. The summed E-state index contributed by atoms with van der Waals surface area (Å²) in [6.45, 7) is 7.19. The van der Waals surface area contributed by atoms with Crippen LogP contribution in [0.25, 0.3) is 22.4 Å². The topological polar surface area (TPSA) is 128 Å². The third-order valence-corrected chi connectivity index (χ3v) is 8.54. The van der Waals surface area contributed by atoms with E-state index in [9.17, 15) is 22.0 Å². The Balaban J connectivity index is 1.45. The number of carbonyl (C=O) groups excluding carboxylic acids is 1. The van der Waals surface area contributed by atoms with Crippen LogP contribution in [-0.4, -0.2) is 51.1 Å². The first kappa shape index (κ1) is 29.4. The average Bonchev–Trinajstić information content (AvgIpc) is 3.29. The van der Waals surface area contributed by atoms with E-state index in [1.54, 1.807) is 32.9 Å². The van der Waals surface area contributed by atoms with E-state index in [2.05, 4.69) is 25.6 Å². The number of fused-ring (bicyclic) bond motifs is 1. The molecule has 1 amide bonds. The molecule has 5 rings (SSSR count). The molecule has 0 bridgehead atoms. The predicted octanol–water partition coefficient (Wildman–Crippen LogP) is 5.56. The van der Waals surface area contributed by atoms with E-state index in [4.69, 9.17) is 4.74 Å². The normalized spacial score (nSPS) is 17.7. The van der Waals surface area contributed by atoms with Gasteiger partial charge in [0, 0.05) is 29.2 Å². The van der Waals surface area contributed by atoms with Crippen LogP contribution in [0.4, 0.5) is 19.4 Å². The maximum Gasteiger partial charge on any atom is 0.407 e. The summed E-state index contributed by atoms with van der Waals surface area (Å²) in [6.07, 6.45) is 5.43. The summed E-state index contributed by atoms with van der Waals surface area (Å²) >= 11 is 0. The number of halogens is 2. The second-order valence-electron chi connectivity index (χ2n) is 11.4. The third kappa shape index (κ3) is 6.35. The van der Waals surface area contributed by atoms with Crippen LogP contribution in [0.5, 0.6) is 0 Å². The number of amides is 1. The Morgan fingerprint density at radius 2 is 1.79 bits per heavy atom. The number of hydrogen-bond donors (Lipinski definition) is 2. The molecule has 222 valence electrons. The molecule has 1 saturated carbocycles. The van der Waals surface area contributed by atoms with Crippen molar-refractivity contribution in [3.8, 4) is 11.4 Å². The van der Waals surface area contributed by atoms with Crippen LogP contribution in [0, 0.1) is 18.6 Å². The molecular weight excluding hydrogens is 566 g/mol. The van der Waals surface area contributed by atoms with Gasteiger partial charge in [0.25, 0.3) is 10.0 Å². The lowest BCUT2D eigenvalue weighted by molar-refractivity contribution is 0.0492. The first-order valence-corrected chi connectivity index (χ1v) is 15.0. The van der Waals surface area contributed by atoms with Crippen molar-refractivity contribution < 1.29 is 26.7 Å². The van der Waals surface area contributed by atoms with Gasteiger partial charge in [0.05, 0.1) is 17.3 Å². The summed E-state index contributed by atoms with van der Waals surface area (Å²) in [7, 11) is -4.11. The standard InChI is InChI=1S/C29H32F2N6O4S/c1-17-8-10-21(11-9-17)42(39,40)37-16-23(22-12-18(30)14-33-27(22)37)25-32-15-24(31)26(36-25)34-19-6-5-7-20(13-19)35-28(38)41-29(2,3)4/h8-12,14-16,19-20H,5-7,13H2,1-4H3,(H,35,38)(H,32,34,36). The van der Waals surface area contributed by atoms with Crippen LogP contribution in [0.1, 0.15) is 52.0 Å². The summed E-state index contributed by atoms with van der Waals surface area (Å²) in [5.41, 5.74) is 0.413. The van der Waals surface area contributed by atoms with Gasteiger partial charge in [-0.1, -0.05) is 17.7 Å². The second-order valence-corrected chi connectivity index (χ2v) is 13.2. The van der Waals surface area contributed by atoms with Crippen LogP contribution in [0.3, 0.4) is 0 Å². The highest BCUT2D eigenvalue weighted by Crippen LogP contribution is 2.32. The fourth-order valence-electron chi connectivity index (χ4n) is 4.96. The molecule has 42 heavy (non-hydrogen) atoms. The number of pyridine rings is 1. The van der Waals surface area contributed by atoms with E-state index in [0.717, 1.165) is 40.8 Å². The van der Waals surface area contributed by atoms with E-state index in [1.807, 2.05) is 6.92 Å². The smallest absolute Gasteiger partial charge is 0.407 e. The molecule has 0 saturated heterocycles. The van der Waals surface area contributed by atoms with Crippen LogP contribution >= 0.6 is 0 Å². The van der Waals surface area contributed by atoms with Crippen molar-refractivity contribution in [2.75, 3.05) is 5.32 Å². The molecule has 10 nitrogen and oxygen atoms in total. The van der Waals surface area contributed by atoms with Gasteiger partial charge < -0.3 is 15.4 Å². The van der Waals surface area contributed by atoms with Crippen LogP contribution in [0.2, 0.25) is 0 Å². The summed E-state index contributed by atoms with van der Waals surface area (Å²) in [6, 6.07) is 7.06. The largest absolute Gasteiger partial charge is 0.444 e. The molecule has 2 unspecified atom stereocenters. The maximum atomic E-state index is 14.9. The van der Waals surface area contributed by atoms with Gasteiger partial charge in [-0.2, -0.15) is 0 Å². The number of nitrogens with one attached hydrogen (secondary N) is 2. The van der Waals surface area contributed by atoms with Gasteiger partial charge in [-0.25, -0.2) is 40.9 Å². The highest BCUT2D eigenvalue weighted by molar-refractivity contribution is 7.90. The van der Waals surface area contributed by atoms with E-state index >= 15 is 0 Å². The molecule has 0 aliphatic heterocycles. The van der Waals surface area contributed by atoms with Crippen LogP contribution < -0.4 is 10.6 Å². The first-order valence-electron chi connectivity index (χ1n) is 13.6. The number of rotatable bonds is 6. The lowest BCUT2D eigenvalue weighted by Crippen LogP contribution is -2.44. The van der Waals surface area contributed by atoms with Gasteiger partial charge in [-0.05, 0) is 71.6 Å². The summed E-state index contributed by atoms with van der Waals surface area (Å²) < 4.78 is 62.6. The number of anilines is 1. The van der Waals surface area contributed by atoms with Crippen molar-refractivity contribution in [2.45, 2.75) is 76.0 Å². The fourth-order valence-corrected chi connectivity index (χ4v) is 6.28. The molecule has 13 heteroatoms. The first-order chi connectivity index (χ1) is 19.8. The second kappa shape index (κ2) is 11.3. The number of benzene rings is 1. The third-order valence-electron chi connectivity index (χ3n) is 6.88. The van der Waals surface area contributed by atoms with E-state index in [-0.39, 0.29) is 45.2 Å². The van der Waals surface area contributed by atoms with Gasteiger partial charge >= 0.3 is 6.09 Å². The van der Waals surface area contributed by atoms with Gasteiger partial charge in [-0.15, -0.1) is 0 Å². The molecule has 0 radical (unpaired) electrons. The fraction of sp³-hybridized carbons (Fsp3) is 0.379. The molecule has 2 atom stereocenters. The predicted molar refractivity (Wildman–Crippen MR) is 153 cm³/mol. The van der Waals surface area contributed by atoms with Crippen LogP contribution in [0.15, 0.2) is 53.8 Å². The molecule has 2 N–H and O–H groups in total. The zero-order chi connectivity index (χ0) is 30.2. The zero-order valence-electron chi connectivity index (χ0n) is 23.7. The number of aromatic nitrogens is 4. The lowest BCUT2D eigenvalue weighted by Gasteiger charge is -2.31. The number of carbonyl (C=O) groups is 1. The molecule has 4 aromatic rings. The minimum atomic E-state index is -4.11. The Morgan fingerprint density at radius 1 is 1.07 bits per heavy atom. The Labute approximate surface area is 242 Å². The monoisotopic (exact) mass is 598 g/mol. The van der Waals surface area contributed by atoms with Crippen molar-refractivity contribution in [3.05, 3.63) is 66.1 Å². The zero-order valence-corrected chi connectivity index (χ0v) is 24.5. The minimum Gasteiger partial charge on any atom is -0.444 e. The van der Waals surface area contributed by atoms with E-state index in [1.165, 1.54) is 18.3 Å². The van der Waals surface area contributed by atoms with Crippen molar-refractivity contribution in [1.82, 2.24) is 24.2 Å². The van der Waals surface area contributed by atoms with Crippen molar-refractivity contribution in [1.29, 1.82) is 0 Å². The van der Waals surface area contributed by atoms with Gasteiger partial charge in [0.15, 0.2) is 23.1 Å². The SMILES string of the molecule is Cc1ccc(S(=O)(=O)n2cc(-c3ncc(F)c(NC4CCCC(NC(=O)OC(C)(C)C)C4)n3)c3cc(F)cnc32)cc1. The summed E-state index contributed by atoms with van der Waals surface area (Å²) in [5.74, 6) is -1.48. The van der Waals surface area contributed by atoms with Crippen molar-refractivity contribution >= 4 is 33.0 Å². The summed E-state index contributed by atoms with van der Waals surface area (Å²) in [4.78, 5) is 24.8. The Bertz CT molecular complexity index is 1740. The van der Waals surface area contributed by atoms with Gasteiger partial charge in [0.2, 0.25) is 0 Å². The molecule has 3 aromatic heterocycles. The molecule has 1 aliphatic carbocycles. The van der Waals surface area contributed by atoms with Crippen molar-refractivity contribution in [2.24, 2.45) is 0 Å². The molecule has 1 aromatic carbocycles. The maximum absolute atomic E-state index is 14.9. The minimum absolute atomic E-state index is 0.00612. The highest BCUT2D eigenvalue weighted by atomic mass is 32.2. The van der Waals surface area contributed by atoms with Crippen molar-refractivity contribution in [3.63, 3.8) is 0 Å². The Morgan fingerprint density at radius 3 is 2.50 bits per heavy atom. The average molecular weight is 599 g/mol. The van der Waals surface area contributed by atoms with Crippen LogP contribution in [-0.2, 0) is 14.8 Å². The molecular formula is C29H32F2N6O4S. The number of alkyl carbamates (subject to hydrolysis) is 1. The quantitative estimate of drug-likeness (QED) is 0.295. The van der Waals surface area contributed by atoms with Gasteiger partial charge in [-0.3, -0.25) is 0 Å². The molecule has 1 aliphatic rings. The Kier molecular flexibility index (Phi) is 7.88. The van der Waals surface area contributed by atoms with E-state index in [0.29, 0.717) is 12.8 Å². The number of nitrogens with zero attached hydrogens (tertiary/aromatic N) is 4.